The number of allylic oxidation sites excluding steroid dienone is 2. The fraction of sp³-hybridized carbons (Fsp3) is 0.750. The zero-order valence-corrected chi connectivity index (χ0v) is 9.35. The standard InChI is InChI=1S/C12H20N2/c1-13-8-11-6-9-4-5-10(9)7-12(11)14(2)3/h4-5,8-12H,6-7H2,1-3H3/t9-,10+,11?,12+/m1/s1. The Bertz CT molecular complexity index is 255. The van der Waals surface area contributed by atoms with E-state index >= 15 is 0 Å². The molecule has 1 fully saturated rings. The van der Waals surface area contributed by atoms with Crippen LogP contribution in [-0.4, -0.2) is 38.3 Å². The Kier molecular flexibility index (Phi) is 2.73. The van der Waals surface area contributed by atoms with E-state index < -0.39 is 0 Å². The third kappa shape index (κ3) is 1.63. The van der Waals surface area contributed by atoms with Crippen molar-refractivity contribution in [1.82, 2.24) is 4.90 Å². The van der Waals surface area contributed by atoms with E-state index in [0.29, 0.717) is 12.0 Å². The molecular weight excluding hydrogens is 172 g/mol. The Morgan fingerprint density at radius 3 is 2.36 bits per heavy atom. The monoisotopic (exact) mass is 192 g/mol. The summed E-state index contributed by atoms with van der Waals surface area (Å²) in [5, 5.41) is 0. The Morgan fingerprint density at radius 1 is 1.21 bits per heavy atom. The molecule has 0 spiro atoms. The van der Waals surface area contributed by atoms with Gasteiger partial charge in [-0.2, -0.15) is 0 Å². The summed E-state index contributed by atoms with van der Waals surface area (Å²) >= 11 is 0. The number of nitrogens with zero attached hydrogens (tertiary/aromatic N) is 2. The largest absolute Gasteiger partial charge is 0.306 e. The van der Waals surface area contributed by atoms with Gasteiger partial charge in [0.25, 0.3) is 0 Å². The first-order chi connectivity index (χ1) is 6.72. The van der Waals surface area contributed by atoms with Crippen molar-refractivity contribution < 1.29 is 0 Å². The van der Waals surface area contributed by atoms with Crippen molar-refractivity contribution in [2.45, 2.75) is 18.9 Å². The molecule has 0 aromatic heterocycles. The molecule has 0 aliphatic heterocycles. The SMILES string of the molecule is CN=CC1C[C@H]2C=C[C@H]2C[C@@H]1N(C)C. The number of aliphatic imine (C=N–C) groups is 1. The van der Waals surface area contributed by atoms with Gasteiger partial charge in [0, 0.05) is 25.2 Å². The van der Waals surface area contributed by atoms with Gasteiger partial charge in [-0.3, -0.25) is 0 Å². The summed E-state index contributed by atoms with van der Waals surface area (Å²) in [6.07, 6.45) is 9.49. The molecule has 4 atom stereocenters. The lowest BCUT2D eigenvalue weighted by Crippen LogP contribution is -2.45. The minimum atomic E-state index is 0.654. The van der Waals surface area contributed by atoms with Crippen molar-refractivity contribution in [2.24, 2.45) is 22.7 Å². The molecule has 0 bridgehead atoms. The smallest absolute Gasteiger partial charge is 0.0273 e. The van der Waals surface area contributed by atoms with E-state index in [9.17, 15) is 0 Å². The van der Waals surface area contributed by atoms with Gasteiger partial charge in [0.15, 0.2) is 0 Å². The normalized spacial score (nSPS) is 41.4. The van der Waals surface area contributed by atoms with Gasteiger partial charge < -0.3 is 9.89 Å². The van der Waals surface area contributed by atoms with E-state index in [1.165, 1.54) is 12.8 Å². The van der Waals surface area contributed by atoms with Crippen LogP contribution in [0.1, 0.15) is 12.8 Å². The molecule has 0 radical (unpaired) electrons. The van der Waals surface area contributed by atoms with E-state index in [2.05, 4.69) is 42.4 Å². The summed E-state index contributed by atoms with van der Waals surface area (Å²) in [5.41, 5.74) is 0. The maximum absolute atomic E-state index is 4.20. The van der Waals surface area contributed by atoms with Crippen LogP contribution in [0.5, 0.6) is 0 Å². The molecule has 1 saturated carbocycles. The van der Waals surface area contributed by atoms with Crippen LogP contribution in [0.2, 0.25) is 0 Å². The third-order valence-electron chi connectivity index (χ3n) is 3.71. The average molecular weight is 192 g/mol. The minimum Gasteiger partial charge on any atom is -0.306 e. The molecule has 0 heterocycles. The van der Waals surface area contributed by atoms with E-state index in [1.807, 2.05) is 7.05 Å². The van der Waals surface area contributed by atoms with E-state index in [0.717, 1.165) is 11.8 Å². The Morgan fingerprint density at radius 2 is 1.86 bits per heavy atom. The zero-order chi connectivity index (χ0) is 10.1. The van der Waals surface area contributed by atoms with Gasteiger partial charge in [-0.1, -0.05) is 12.2 Å². The first kappa shape index (κ1) is 9.91. The van der Waals surface area contributed by atoms with Crippen molar-refractivity contribution in [3.8, 4) is 0 Å². The van der Waals surface area contributed by atoms with Gasteiger partial charge in [0.2, 0.25) is 0 Å². The van der Waals surface area contributed by atoms with Crippen LogP contribution in [0.3, 0.4) is 0 Å². The first-order valence-electron chi connectivity index (χ1n) is 5.49. The maximum atomic E-state index is 4.20. The molecular formula is C12H20N2. The average Bonchev–Trinajstić information content (AvgIpc) is 2.10. The van der Waals surface area contributed by atoms with Gasteiger partial charge in [0.05, 0.1) is 0 Å². The fourth-order valence-electron chi connectivity index (χ4n) is 2.80. The Hall–Kier alpha value is -0.630. The second kappa shape index (κ2) is 3.85. The Labute approximate surface area is 86.7 Å². The van der Waals surface area contributed by atoms with Crippen molar-refractivity contribution in [1.29, 1.82) is 0 Å². The van der Waals surface area contributed by atoms with Crippen molar-refractivity contribution in [3.63, 3.8) is 0 Å². The summed E-state index contributed by atoms with van der Waals surface area (Å²) in [7, 11) is 6.25. The van der Waals surface area contributed by atoms with E-state index in [-0.39, 0.29) is 0 Å². The van der Waals surface area contributed by atoms with Crippen molar-refractivity contribution in [3.05, 3.63) is 12.2 Å². The van der Waals surface area contributed by atoms with E-state index in [4.69, 9.17) is 0 Å². The highest BCUT2D eigenvalue weighted by Crippen LogP contribution is 2.42. The Balaban J connectivity index is 2.08. The molecule has 2 aliphatic rings. The van der Waals surface area contributed by atoms with Gasteiger partial charge in [0.1, 0.15) is 0 Å². The molecule has 2 rings (SSSR count). The predicted molar refractivity (Wildman–Crippen MR) is 60.7 cm³/mol. The summed E-state index contributed by atoms with van der Waals surface area (Å²) in [6, 6.07) is 0.685. The van der Waals surface area contributed by atoms with Crippen LogP contribution < -0.4 is 0 Å². The highest BCUT2D eigenvalue weighted by Gasteiger charge is 2.38. The van der Waals surface area contributed by atoms with Gasteiger partial charge in [-0.25, -0.2) is 0 Å². The zero-order valence-electron chi connectivity index (χ0n) is 9.35. The molecule has 78 valence electrons. The molecule has 2 heteroatoms. The maximum Gasteiger partial charge on any atom is 0.0273 e. The van der Waals surface area contributed by atoms with Crippen molar-refractivity contribution in [2.75, 3.05) is 21.1 Å². The van der Waals surface area contributed by atoms with Crippen LogP contribution in [0.15, 0.2) is 17.1 Å². The number of hydrogen-bond acceptors (Lipinski definition) is 2. The summed E-state index contributed by atoms with van der Waals surface area (Å²) < 4.78 is 0. The minimum absolute atomic E-state index is 0.654. The van der Waals surface area contributed by atoms with Crippen LogP contribution >= 0.6 is 0 Å². The summed E-state index contributed by atoms with van der Waals surface area (Å²) in [6.45, 7) is 0. The highest BCUT2D eigenvalue weighted by atomic mass is 15.1. The van der Waals surface area contributed by atoms with Crippen molar-refractivity contribution >= 4 is 6.21 Å². The van der Waals surface area contributed by atoms with Crippen LogP contribution in [0, 0.1) is 17.8 Å². The van der Waals surface area contributed by atoms with Crippen LogP contribution in [0.4, 0.5) is 0 Å². The lowest BCUT2D eigenvalue weighted by molar-refractivity contribution is 0.135. The second-order valence-electron chi connectivity index (χ2n) is 4.79. The van der Waals surface area contributed by atoms with Crippen LogP contribution in [0.25, 0.3) is 0 Å². The lowest BCUT2D eigenvalue weighted by Gasteiger charge is -2.44. The quantitative estimate of drug-likeness (QED) is 0.481. The molecule has 1 unspecified atom stereocenters. The molecule has 2 aliphatic carbocycles. The fourth-order valence-corrected chi connectivity index (χ4v) is 2.80. The molecule has 0 amide bonds. The molecule has 0 aromatic carbocycles. The van der Waals surface area contributed by atoms with Gasteiger partial charge >= 0.3 is 0 Å². The number of fused-ring (bicyclic) bond motifs is 1. The molecule has 0 N–H and O–H groups in total. The molecule has 0 saturated heterocycles. The second-order valence-corrected chi connectivity index (χ2v) is 4.79. The highest BCUT2D eigenvalue weighted by molar-refractivity contribution is 5.62. The number of hydrogen-bond donors (Lipinski definition) is 0. The molecule has 0 aromatic rings. The topological polar surface area (TPSA) is 15.6 Å². The molecule has 2 nitrogen and oxygen atoms in total. The van der Waals surface area contributed by atoms with Gasteiger partial charge in [-0.05, 0) is 38.8 Å². The van der Waals surface area contributed by atoms with E-state index in [1.54, 1.807) is 0 Å². The number of rotatable bonds is 2. The van der Waals surface area contributed by atoms with Gasteiger partial charge in [-0.15, -0.1) is 0 Å². The predicted octanol–water partition coefficient (Wildman–Crippen LogP) is 1.83. The third-order valence-corrected chi connectivity index (χ3v) is 3.71. The first-order valence-corrected chi connectivity index (χ1v) is 5.49. The summed E-state index contributed by atoms with van der Waals surface area (Å²) in [5.74, 6) is 2.35. The lowest BCUT2D eigenvalue weighted by atomic mass is 9.66. The summed E-state index contributed by atoms with van der Waals surface area (Å²) in [4.78, 5) is 6.56. The molecule has 14 heavy (non-hydrogen) atoms. The van der Waals surface area contributed by atoms with Crippen LogP contribution in [-0.2, 0) is 0 Å².